The standard InChI is InChI=1S/C16H16ClNO3S/c17-12-3-6-14(7-4-12)22(20)11-13-5-8-15(21-13)16(19)18-9-1-2-10-18/h3-8H,1-2,9-11H2. The Morgan fingerprint density at radius 2 is 1.82 bits per heavy atom. The van der Waals surface area contributed by atoms with Crippen molar-refractivity contribution < 1.29 is 13.4 Å². The Hall–Kier alpha value is -1.59. The number of hydrogen-bond donors (Lipinski definition) is 0. The molecule has 1 aliphatic rings. The SMILES string of the molecule is O=C(c1ccc(CS(=O)c2ccc(Cl)cc2)o1)N1CCCC1. The molecule has 2 aromatic rings. The molecule has 0 radical (unpaired) electrons. The summed E-state index contributed by atoms with van der Waals surface area (Å²) in [6.07, 6.45) is 2.08. The molecule has 0 bridgehead atoms. The van der Waals surface area contributed by atoms with Gasteiger partial charge in [-0.2, -0.15) is 0 Å². The molecule has 1 aromatic heterocycles. The lowest BCUT2D eigenvalue weighted by atomic mass is 10.4. The van der Waals surface area contributed by atoms with Crippen molar-refractivity contribution in [2.24, 2.45) is 0 Å². The third-order valence-electron chi connectivity index (χ3n) is 3.62. The second-order valence-corrected chi connectivity index (χ2v) is 7.10. The number of nitrogens with zero attached hydrogens (tertiary/aromatic N) is 1. The Balaban J connectivity index is 1.67. The third kappa shape index (κ3) is 3.42. The number of halogens is 1. The average molecular weight is 338 g/mol. The van der Waals surface area contributed by atoms with Gasteiger partial charge in [0.2, 0.25) is 0 Å². The molecule has 1 atom stereocenters. The molecule has 4 nitrogen and oxygen atoms in total. The van der Waals surface area contributed by atoms with Gasteiger partial charge in [-0.05, 0) is 49.2 Å². The lowest BCUT2D eigenvalue weighted by Crippen LogP contribution is -2.27. The molecule has 3 rings (SSSR count). The van der Waals surface area contributed by atoms with Gasteiger partial charge in [0.25, 0.3) is 5.91 Å². The number of amides is 1. The Labute approximate surface area is 136 Å². The zero-order valence-corrected chi connectivity index (χ0v) is 13.5. The highest BCUT2D eigenvalue weighted by Gasteiger charge is 2.22. The average Bonchev–Trinajstić information content (AvgIpc) is 3.19. The van der Waals surface area contributed by atoms with E-state index < -0.39 is 10.8 Å². The van der Waals surface area contributed by atoms with Crippen LogP contribution in [0.15, 0.2) is 45.7 Å². The van der Waals surface area contributed by atoms with Crippen LogP contribution in [0.3, 0.4) is 0 Å². The molecule has 2 heterocycles. The number of carbonyl (C=O) groups is 1. The molecule has 1 amide bonds. The van der Waals surface area contributed by atoms with E-state index in [1.54, 1.807) is 41.3 Å². The predicted octanol–water partition coefficient (Wildman–Crippen LogP) is 3.48. The number of rotatable bonds is 4. The predicted molar refractivity (Wildman–Crippen MR) is 85.4 cm³/mol. The largest absolute Gasteiger partial charge is 0.455 e. The fraction of sp³-hybridized carbons (Fsp3) is 0.312. The molecule has 6 heteroatoms. The Morgan fingerprint density at radius 1 is 1.14 bits per heavy atom. The summed E-state index contributed by atoms with van der Waals surface area (Å²) in [7, 11) is -1.22. The minimum atomic E-state index is -1.22. The van der Waals surface area contributed by atoms with Gasteiger partial charge >= 0.3 is 0 Å². The number of furan rings is 1. The van der Waals surface area contributed by atoms with E-state index in [1.165, 1.54) is 0 Å². The first-order valence-electron chi connectivity index (χ1n) is 7.15. The van der Waals surface area contributed by atoms with Gasteiger partial charge in [-0.15, -0.1) is 0 Å². The van der Waals surface area contributed by atoms with E-state index in [9.17, 15) is 9.00 Å². The van der Waals surface area contributed by atoms with Crippen LogP contribution < -0.4 is 0 Å². The van der Waals surface area contributed by atoms with E-state index in [-0.39, 0.29) is 11.7 Å². The smallest absolute Gasteiger partial charge is 0.289 e. The molecular weight excluding hydrogens is 322 g/mol. The van der Waals surface area contributed by atoms with Crippen molar-refractivity contribution in [3.63, 3.8) is 0 Å². The highest BCUT2D eigenvalue weighted by Crippen LogP contribution is 2.19. The first-order chi connectivity index (χ1) is 10.6. The van der Waals surface area contributed by atoms with Crippen molar-refractivity contribution in [2.45, 2.75) is 23.5 Å². The van der Waals surface area contributed by atoms with E-state index in [0.717, 1.165) is 25.9 Å². The molecule has 22 heavy (non-hydrogen) atoms. The third-order valence-corrected chi connectivity index (χ3v) is 5.21. The van der Waals surface area contributed by atoms with Crippen molar-refractivity contribution in [1.82, 2.24) is 4.90 Å². The molecule has 0 N–H and O–H groups in total. The maximum atomic E-state index is 12.3. The highest BCUT2D eigenvalue weighted by molar-refractivity contribution is 7.84. The second kappa shape index (κ2) is 6.67. The van der Waals surface area contributed by atoms with Crippen molar-refractivity contribution >= 4 is 28.3 Å². The highest BCUT2D eigenvalue weighted by atomic mass is 35.5. The van der Waals surface area contributed by atoms with Gasteiger partial charge in [0.05, 0.1) is 16.6 Å². The summed E-state index contributed by atoms with van der Waals surface area (Å²) in [6.45, 7) is 1.57. The zero-order chi connectivity index (χ0) is 15.5. The molecule has 1 unspecified atom stereocenters. The van der Waals surface area contributed by atoms with Gasteiger partial charge < -0.3 is 9.32 Å². The quantitative estimate of drug-likeness (QED) is 0.858. The van der Waals surface area contributed by atoms with Crippen LogP contribution in [0.2, 0.25) is 5.02 Å². The fourth-order valence-corrected chi connectivity index (χ4v) is 3.59. The summed E-state index contributed by atoms with van der Waals surface area (Å²) in [5.74, 6) is 1.04. The summed E-state index contributed by atoms with van der Waals surface area (Å²) in [6, 6.07) is 10.3. The Bertz CT molecular complexity index is 690. The van der Waals surface area contributed by atoms with E-state index >= 15 is 0 Å². The van der Waals surface area contributed by atoms with Crippen LogP contribution in [0, 0.1) is 0 Å². The maximum absolute atomic E-state index is 12.3. The molecule has 1 aliphatic heterocycles. The topological polar surface area (TPSA) is 50.5 Å². The monoisotopic (exact) mass is 337 g/mol. The van der Waals surface area contributed by atoms with E-state index in [4.69, 9.17) is 16.0 Å². The van der Waals surface area contributed by atoms with Crippen molar-refractivity contribution in [3.05, 3.63) is 52.9 Å². The minimum Gasteiger partial charge on any atom is -0.455 e. The fourth-order valence-electron chi connectivity index (χ4n) is 2.45. The van der Waals surface area contributed by atoms with Gasteiger partial charge in [-0.1, -0.05) is 11.6 Å². The van der Waals surface area contributed by atoms with Gasteiger partial charge in [0, 0.05) is 23.0 Å². The van der Waals surface area contributed by atoms with Crippen molar-refractivity contribution in [3.8, 4) is 0 Å². The van der Waals surface area contributed by atoms with E-state index in [2.05, 4.69) is 0 Å². The molecular formula is C16H16ClNO3S. The molecule has 0 aliphatic carbocycles. The lowest BCUT2D eigenvalue weighted by Gasteiger charge is -2.12. The van der Waals surface area contributed by atoms with Crippen LogP contribution >= 0.6 is 11.6 Å². The molecule has 1 aromatic carbocycles. The van der Waals surface area contributed by atoms with Gasteiger partial charge in [-0.25, -0.2) is 0 Å². The number of hydrogen-bond acceptors (Lipinski definition) is 3. The van der Waals surface area contributed by atoms with Gasteiger partial charge in [0.15, 0.2) is 5.76 Å². The second-order valence-electron chi connectivity index (χ2n) is 5.21. The Kier molecular flexibility index (Phi) is 4.64. The van der Waals surface area contributed by atoms with Gasteiger partial charge in [0.1, 0.15) is 5.76 Å². The van der Waals surface area contributed by atoms with Crippen LogP contribution in [0.1, 0.15) is 29.2 Å². The van der Waals surface area contributed by atoms with Crippen molar-refractivity contribution in [1.29, 1.82) is 0 Å². The van der Waals surface area contributed by atoms with Crippen LogP contribution in [0.5, 0.6) is 0 Å². The zero-order valence-electron chi connectivity index (χ0n) is 12.0. The molecule has 116 valence electrons. The van der Waals surface area contributed by atoms with E-state index in [0.29, 0.717) is 21.4 Å². The molecule has 1 saturated heterocycles. The van der Waals surface area contributed by atoms with Crippen LogP contribution in [0.25, 0.3) is 0 Å². The molecule has 0 spiro atoms. The first kappa shape index (κ1) is 15.3. The summed E-state index contributed by atoms with van der Waals surface area (Å²) in [5.41, 5.74) is 0. The normalized spacial score (nSPS) is 16.0. The number of benzene rings is 1. The summed E-state index contributed by atoms with van der Waals surface area (Å²) >= 11 is 5.82. The van der Waals surface area contributed by atoms with Crippen LogP contribution in [-0.4, -0.2) is 28.1 Å². The Morgan fingerprint density at radius 3 is 2.50 bits per heavy atom. The van der Waals surface area contributed by atoms with Crippen molar-refractivity contribution in [2.75, 3.05) is 13.1 Å². The first-order valence-corrected chi connectivity index (χ1v) is 8.85. The summed E-state index contributed by atoms with van der Waals surface area (Å²) in [4.78, 5) is 14.7. The molecule has 1 fully saturated rings. The minimum absolute atomic E-state index is 0.0824. The maximum Gasteiger partial charge on any atom is 0.289 e. The number of likely N-dealkylation sites (tertiary alicyclic amines) is 1. The molecule has 0 saturated carbocycles. The van der Waals surface area contributed by atoms with E-state index in [1.807, 2.05) is 0 Å². The summed E-state index contributed by atoms with van der Waals surface area (Å²) < 4.78 is 17.8. The lowest BCUT2D eigenvalue weighted by molar-refractivity contribution is 0.0759. The van der Waals surface area contributed by atoms with Crippen LogP contribution in [-0.2, 0) is 16.6 Å². The van der Waals surface area contributed by atoms with Crippen LogP contribution in [0.4, 0.5) is 0 Å². The number of carbonyl (C=O) groups excluding carboxylic acids is 1. The van der Waals surface area contributed by atoms with Gasteiger partial charge in [-0.3, -0.25) is 9.00 Å². The summed E-state index contributed by atoms with van der Waals surface area (Å²) in [5, 5.41) is 0.609.